The van der Waals surface area contributed by atoms with Gasteiger partial charge in [-0.05, 0) is 64.0 Å². The number of hydrogen-bond acceptors (Lipinski definition) is 7. The number of carbonyl (C=O) groups is 1. The molecule has 2 N–H and O–H groups in total. The van der Waals surface area contributed by atoms with E-state index in [2.05, 4.69) is 20.6 Å². The Morgan fingerprint density at radius 1 is 1.14 bits per heavy atom. The van der Waals surface area contributed by atoms with Crippen molar-refractivity contribution in [2.45, 2.75) is 39.7 Å². The van der Waals surface area contributed by atoms with Crippen LogP contribution in [0, 0.1) is 11.7 Å². The van der Waals surface area contributed by atoms with Crippen molar-refractivity contribution in [3.8, 4) is 5.75 Å². The number of nitrogens with zero attached hydrogens (tertiary/aromatic N) is 3. The van der Waals surface area contributed by atoms with Gasteiger partial charge in [-0.1, -0.05) is 12.1 Å². The molecule has 7 nitrogen and oxygen atoms in total. The molecule has 3 aromatic rings. The number of hydrogen-bond donors (Lipinski definition) is 2. The molecule has 1 saturated carbocycles. The lowest BCUT2D eigenvalue weighted by atomic mass is 10.0. The Morgan fingerprint density at radius 2 is 1.94 bits per heavy atom. The summed E-state index contributed by atoms with van der Waals surface area (Å²) < 4.78 is 20.0. The fourth-order valence-corrected chi connectivity index (χ4v) is 3.83. The number of Topliss-reactive ketones (excluding diaryl/α,β-unsaturated/α-hetero) is 1. The number of benzene rings is 1. The maximum absolute atomic E-state index is 14.2. The van der Waals surface area contributed by atoms with Crippen molar-refractivity contribution < 1.29 is 13.9 Å². The number of halogens is 1. The van der Waals surface area contributed by atoms with Crippen molar-refractivity contribution in [3.05, 3.63) is 77.9 Å². The summed E-state index contributed by atoms with van der Waals surface area (Å²) in [5.41, 5.74) is 3.31. The first-order chi connectivity index (χ1) is 17.4. The van der Waals surface area contributed by atoms with Crippen LogP contribution in [0.2, 0.25) is 0 Å². The number of pyridine rings is 2. The van der Waals surface area contributed by atoms with Crippen molar-refractivity contribution in [2.24, 2.45) is 10.9 Å². The number of para-hydroxylation sites is 1. The topological polar surface area (TPSA) is 88.5 Å². The molecule has 1 fully saturated rings. The molecule has 4 rings (SSSR count). The van der Waals surface area contributed by atoms with E-state index in [0.29, 0.717) is 28.5 Å². The highest BCUT2D eigenvalue weighted by molar-refractivity contribution is 6.12. The standard InChI is InChI=1S/C28H30FN5O2/c1-5-8-22(32-17(2)3)19-9-6-11-23(27(19)36-4)33-24-15-25(34-28-21(29)10-7-14-30-28)31-16-20(24)26(35)18-12-13-18/h5-11,14-18H,12-13H2,1-4H3,(H2,30,31,33,34)/b8-5-,32-22?. The van der Waals surface area contributed by atoms with Gasteiger partial charge in [0.2, 0.25) is 0 Å². The summed E-state index contributed by atoms with van der Waals surface area (Å²) in [6, 6.07) is 10.4. The summed E-state index contributed by atoms with van der Waals surface area (Å²) in [6.45, 7) is 5.98. The molecule has 0 aliphatic heterocycles. The van der Waals surface area contributed by atoms with Crippen molar-refractivity contribution >= 4 is 34.5 Å². The van der Waals surface area contributed by atoms with Crippen LogP contribution >= 0.6 is 0 Å². The van der Waals surface area contributed by atoms with Gasteiger partial charge in [-0.15, -0.1) is 0 Å². The van der Waals surface area contributed by atoms with Crippen LogP contribution in [0.15, 0.2) is 65.9 Å². The van der Waals surface area contributed by atoms with Crippen LogP contribution in [0.4, 0.5) is 27.4 Å². The van der Waals surface area contributed by atoms with Crippen LogP contribution in [-0.4, -0.2) is 34.6 Å². The maximum atomic E-state index is 14.2. The Morgan fingerprint density at radius 3 is 2.61 bits per heavy atom. The smallest absolute Gasteiger partial charge is 0.169 e. The summed E-state index contributed by atoms with van der Waals surface area (Å²) in [5, 5.41) is 6.27. The van der Waals surface area contributed by atoms with Gasteiger partial charge in [0.15, 0.2) is 23.2 Å². The van der Waals surface area contributed by atoms with Crippen molar-refractivity contribution in [2.75, 3.05) is 17.7 Å². The van der Waals surface area contributed by atoms with E-state index in [0.717, 1.165) is 24.1 Å². The molecule has 0 saturated heterocycles. The molecular weight excluding hydrogens is 457 g/mol. The van der Waals surface area contributed by atoms with Crippen LogP contribution in [-0.2, 0) is 0 Å². The predicted octanol–water partition coefficient (Wildman–Crippen LogP) is 6.48. The van der Waals surface area contributed by atoms with Crippen LogP contribution in [0.5, 0.6) is 5.75 Å². The van der Waals surface area contributed by atoms with E-state index in [1.807, 2.05) is 51.1 Å². The number of aliphatic imine (C=N–C) groups is 1. The van der Waals surface area contributed by atoms with Gasteiger partial charge in [0, 0.05) is 36.0 Å². The van der Waals surface area contributed by atoms with Crippen LogP contribution in [0.25, 0.3) is 0 Å². The third-order valence-electron chi connectivity index (χ3n) is 5.61. The van der Waals surface area contributed by atoms with Gasteiger partial charge in [-0.2, -0.15) is 0 Å². The molecule has 1 aromatic carbocycles. The normalized spacial score (nSPS) is 13.8. The van der Waals surface area contributed by atoms with Gasteiger partial charge in [0.25, 0.3) is 0 Å². The average Bonchev–Trinajstić information content (AvgIpc) is 3.70. The molecule has 8 heteroatoms. The third-order valence-corrected chi connectivity index (χ3v) is 5.61. The lowest BCUT2D eigenvalue weighted by Crippen LogP contribution is -2.10. The van der Waals surface area contributed by atoms with E-state index < -0.39 is 5.82 Å². The van der Waals surface area contributed by atoms with Gasteiger partial charge >= 0.3 is 0 Å². The first kappa shape index (κ1) is 25.0. The zero-order valence-corrected chi connectivity index (χ0v) is 20.9. The molecule has 2 heterocycles. The monoisotopic (exact) mass is 487 g/mol. The molecule has 36 heavy (non-hydrogen) atoms. The Kier molecular flexibility index (Phi) is 7.73. The van der Waals surface area contributed by atoms with Crippen molar-refractivity contribution in [3.63, 3.8) is 0 Å². The highest BCUT2D eigenvalue weighted by Crippen LogP contribution is 2.38. The lowest BCUT2D eigenvalue weighted by molar-refractivity contribution is 0.0968. The SMILES string of the molecule is C/C=C\C(=NC(C)C)c1cccc(Nc2cc(Nc3ncccc3F)ncc2C(=O)C2CC2)c1OC. The Balaban J connectivity index is 1.76. The molecule has 0 spiro atoms. The van der Waals surface area contributed by atoms with Crippen LogP contribution in [0.3, 0.4) is 0 Å². The highest BCUT2D eigenvalue weighted by Gasteiger charge is 2.32. The number of carbonyl (C=O) groups excluding carboxylic acids is 1. The number of nitrogens with one attached hydrogen (secondary N) is 2. The fourth-order valence-electron chi connectivity index (χ4n) is 3.83. The fraction of sp³-hybridized carbons (Fsp3) is 0.286. The molecular formula is C28H30FN5O2. The van der Waals surface area contributed by atoms with Crippen LogP contribution < -0.4 is 15.4 Å². The van der Waals surface area contributed by atoms with E-state index in [1.54, 1.807) is 13.2 Å². The number of anilines is 4. The Hall–Kier alpha value is -4.07. The Bertz CT molecular complexity index is 1320. The molecule has 1 aliphatic carbocycles. The van der Waals surface area contributed by atoms with E-state index in [1.165, 1.54) is 24.5 Å². The number of ketones is 1. The quantitative estimate of drug-likeness (QED) is 0.251. The van der Waals surface area contributed by atoms with Gasteiger partial charge in [0.1, 0.15) is 5.82 Å². The number of allylic oxidation sites excluding steroid dienone is 2. The van der Waals surface area contributed by atoms with E-state index in [9.17, 15) is 9.18 Å². The minimum atomic E-state index is -0.498. The summed E-state index contributed by atoms with van der Waals surface area (Å²) in [6.07, 6.45) is 8.63. The number of methoxy groups -OCH3 is 1. The maximum Gasteiger partial charge on any atom is 0.169 e. The Labute approximate surface area is 210 Å². The highest BCUT2D eigenvalue weighted by atomic mass is 19.1. The molecule has 2 aromatic heterocycles. The first-order valence-corrected chi connectivity index (χ1v) is 12.0. The zero-order chi connectivity index (χ0) is 25.7. The number of ether oxygens (including phenoxy) is 1. The number of aromatic nitrogens is 2. The second-order valence-electron chi connectivity index (χ2n) is 8.83. The van der Waals surface area contributed by atoms with Crippen molar-refractivity contribution in [1.82, 2.24) is 9.97 Å². The van der Waals surface area contributed by atoms with Gasteiger partial charge < -0.3 is 15.4 Å². The lowest BCUT2D eigenvalue weighted by Gasteiger charge is -2.18. The second kappa shape index (κ2) is 11.1. The van der Waals surface area contributed by atoms with Crippen molar-refractivity contribution in [1.29, 1.82) is 0 Å². The minimum absolute atomic E-state index is 0.00657. The molecule has 0 atom stereocenters. The summed E-state index contributed by atoms with van der Waals surface area (Å²) in [7, 11) is 1.60. The van der Waals surface area contributed by atoms with Gasteiger partial charge in [-0.3, -0.25) is 9.79 Å². The molecule has 1 aliphatic rings. The van der Waals surface area contributed by atoms with Crippen LogP contribution in [0.1, 0.15) is 49.5 Å². The summed E-state index contributed by atoms with van der Waals surface area (Å²) in [4.78, 5) is 26.2. The predicted molar refractivity (Wildman–Crippen MR) is 142 cm³/mol. The van der Waals surface area contributed by atoms with E-state index in [-0.39, 0.29) is 23.6 Å². The van der Waals surface area contributed by atoms with E-state index in [4.69, 9.17) is 9.73 Å². The van der Waals surface area contributed by atoms with Gasteiger partial charge in [-0.25, -0.2) is 14.4 Å². The molecule has 0 bridgehead atoms. The molecule has 0 unspecified atom stereocenters. The molecule has 0 amide bonds. The first-order valence-electron chi connectivity index (χ1n) is 12.0. The zero-order valence-electron chi connectivity index (χ0n) is 20.9. The number of rotatable bonds is 10. The van der Waals surface area contributed by atoms with Gasteiger partial charge in [0.05, 0.1) is 29.8 Å². The largest absolute Gasteiger partial charge is 0.494 e. The molecule has 186 valence electrons. The third kappa shape index (κ3) is 5.76. The summed E-state index contributed by atoms with van der Waals surface area (Å²) in [5.74, 6) is 0.550. The molecule has 0 radical (unpaired) electrons. The average molecular weight is 488 g/mol. The van der Waals surface area contributed by atoms with E-state index >= 15 is 0 Å². The minimum Gasteiger partial charge on any atom is -0.494 e. The summed E-state index contributed by atoms with van der Waals surface area (Å²) >= 11 is 0. The second-order valence-corrected chi connectivity index (χ2v) is 8.83.